The van der Waals surface area contributed by atoms with Crippen LogP contribution >= 0.6 is 11.7 Å². The number of hydrogen-bond acceptors (Lipinski definition) is 4. The predicted molar refractivity (Wildman–Crippen MR) is 70.5 cm³/mol. The fourth-order valence-electron chi connectivity index (χ4n) is 3.57. The molecule has 4 nitrogen and oxygen atoms in total. The molecule has 1 aliphatic carbocycles. The Kier molecular flexibility index (Phi) is 3.33. The summed E-state index contributed by atoms with van der Waals surface area (Å²) in [5.41, 5.74) is 0.527. The lowest BCUT2D eigenvalue weighted by atomic mass is 9.72. The van der Waals surface area contributed by atoms with Crippen molar-refractivity contribution in [3.63, 3.8) is 0 Å². The molecule has 3 rings (SSSR count). The molecule has 5 heteroatoms. The summed E-state index contributed by atoms with van der Waals surface area (Å²) >= 11 is 1.11. The largest absolute Gasteiger partial charge is 0.334 e. The second-order valence-corrected chi connectivity index (χ2v) is 6.13. The lowest BCUT2D eigenvalue weighted by Crippen LogP contribution is -2.52. The van der Waals surface area contributed by atoms with Crippen LogP contribution in [0.3, 0.4) is 0 Å². The van der Waals surface area contributed by atoms with Crippen molar-refractivity contribution in [2.45, 2.75) is 45.1 Å². The minimum absolute atomic E-state index is 0.0903. The number of carbonyl (C=O) groups is 1. The topological polar surface area (TPSA) is 46.1 Å². The van der Waals surface area contributed by atoms with E-state index in [0.717, 1.165) is 37.0 Å². The van der Waals surface area contributed by atoms with E-state index in [1.54, 1.807) is 6.20 Å². The van der Waals surface area contributed by atoms with Crippen LogP contribution in [-0.2, 0) is 0 Å². The van der Waals surface area contributed by atoms with Gasteiger partial charge in [0.15, 0.2) is 5.69 Å². The molecule has 0 spiro atoms. The summed E-state index contributed by atoms with van der Waals surface area (Å²) in [6.07, 6.45) is 7.76. The van der Waals surface area contributed by atoms with Gasteiger partial charge in [-0.2, -0.15) is 8.75 Å². The highest BCUT2D eigenvalue weighted by Gasteiger charge is 2.39. The van der Waals surface area contributed by atoms with Crippen LogP contribution in [0.25, 0.3) is 0 Å². The van der Waals surface area contributed by atoms with Crippen molar-refractivity contribution >= 4 is 17.6 Å². The van der Waals surface area contributed by atoms with E-state index in [1.165, 1.54) is 19.3 Å². The zero-order valence-electron chi connectivity index (χ0n) is 10.7. The van der Waals surface area contributed by atoms with Crippen LogP contribution in [0.1, 0.15) is 49.5 Å². The van der Waals surface area contributed by atoms with E-state index >= 15 is 0 Å². The van der Waals surface area contributed by atoms with Crippen LogP contribution in [0.5, 0.6) is 0 Å². The number of hydrogen-bond donors (Lipinski definition) is 0. The molecule has 1 aromatic rings. The Hall–Kier alpha value is -0.970. The van der Waals surface area contributed by atoms with Crippen LogP contribution in [0.2, 0.25) is 0 Å². The van der Waals surface area contributed by atoms with Crippen molar-refractivity contribution in [1.29, 1.82) is 0 Å². The molecule has 0 N–H and O–H groups in total. The quantitative estimate of drug-likeness (QED) is 0.784. The first-order chi connectivity index (χ1) is 8.77. The molecule has 2 fully saturated rings. The molecule has 3 atom stereocenters. The second kappa shape index (κ2) is 4.96. The average Bonchev–Trinajstić information content (AvgIpc) is 2.93. The number of nitrogens with zero attached hydrogens (tertiary/aromatic N) is 3. The molecule has 1 saturated heterocycles. The molecule has 2 heterocycles. The lowest BCUT2D eigenvalue weighted by Gasteiger charge is -2.47. The fourth-order valence-corrected chi connectivity index (χ4v) is 3.98. The molecule has 18 heavy (non-hydrogen) atoms. The van der Waals surface area contributed by atoms with Gasteiger partial charge in [-0.05, 0) is 31.1 Å². The summed E-state index contributed by atoms with van der Waals surface area (Å²) in [6, 6.07) is 0.441. The molecular formula is C13H19N3OS. The van der Waals surface area contributed by atoms with E-state index < -0.39 is 0 Å². The van der Waals surface area contributed by atoms with E-state index in [4.69, 9.17) is 0 Å². The summed E-state index contributed by atoms with van der Waals surface area (Å²) in [7, 11) is 0. The predicted octanol–water partition coefficient (Wildman–Crippen LogP) is 2.58. The van der Waals surface area contributed by atoms with Crippen LogP contribution < -0.4 is 0 Å². The Bertz CT molecular complexity index is 420. The highest BCUT2D eigenvalue weighted by molar-refractivity contribution is 6.99. The Morgan fingerprint density at radius 2 is 2.22 bits per heavy atom. The molecule has 1 aromatic heterocycles. The summed E-state index contributed by atoms with van der Waals surface area (Å²) in [4.78, 5) is 14.5. The number of piperidine rings is 1. The third kappa shape index (κ3) is 2.05. The summed E-state index contributed by atoms with van der Waals surface area (Å²) in [5, 5.41) is 0. The first-order valence-corrected chi connectivity index (χ1v) is 7.59. The summed E-state index contributed by atoms with van der Waals surface area (Å²) < 4.78 is 8.03. The number of carbonyl (C=O) groups excluding carboxylic acids is 1. The van der Waals surface area contributed by atoms with Gasteiger partial charge < -0.3 is 4.90 Å². The molecule has 98 valence electrons. The second-order valence-electron chi connectivity index (χ2n) is 5.57. The van der Waals surface area contributed by atoms with Crippen LogP contribution in [0.15, 0.2) is 6.20 Å². The molecule has 0 bridgehead atoms. The average molecular weight is 265 g/mol. The van der Waals surface area contributed by atoms with Crippen molar-refractivity contribution in [3.05, 3.63) is 11.9 Å². The first kappa shape index (κ1) is 12.1. The molecule has 2 aliphatic rings. The van der Waals surface area contributed by atoms with E-state index in [9.17, 15) is 4.79 Å². The fraction of sp³-hybridized carbons (Fsp3) is 0.769. The molecule has 1 amide bonds. The van der Waals surface area contributed by atoms with Gasteiger partial charge in [-0.3, -0.25) is 4.79 Å². The van der Waals surface area contributed by atoms with Crippen molar-refractivity contribution in [2.75, 3.05) is 6.54 Å². The highest BCUT2D eigenvalue weighted by Crippen LogP contribution is 2.39. The monoisotopic (exact) mass is 265 g/mol. The normalized spacial score (nSPS) is 32.1. The Morgan fingerprint density at radius 3 is 3.00 bits per heavy atom. The van der Waals surface area contributed by atoms with Gasteiger partial charge in [0.2, 0.25) is 0 Å². The van der Waals surface area contributed by atoms with Crippen molar-refractivity contribution in [2.24, 2.45) is 11.8 Å². The van der Waals surface area contributed by atoms with E-state index in [-0.39, 0.29) is 5.91 Å². The van der Waals surface area contributed by atoms with Crippen LogP contribution in [0.4, 0.5) is 0 Å². The zero-order valence-corrected chi connectivity index (χ0v) is 11.5. The third-order valence-electron chi connectivity index (χ3n) is 4.58. The summed E-state index contributed by atoms with van der Waals surface area (Å²) in [6.45, 7) is 3.23. The number of aromatic nitrogens is 2. The van der Waals surface area contributed by atoms with Crippen LogP contribution in [-0.4, -0.2) is 32.1 Å². The van der Waals surface area contributed by atoms with Crippen molar-refractivity contribution in [1.82, 2.24) is 13.6 Å². The molecule has 0 aromatic carbocycles. The lowest BCUT2D eigenvalue weighted by molar-refractivity contribution is 0.0214. The van der Waals surface area contributed by atoms with Gasteiger partial charge in [0.05, 0.1) is 17.9 Å². The number of likely N-dealkylation sites (tertiary alicyclic amines) is 1. The Morgan fingerprint density at radius 1 is 1.39 bits per heavy atom. The van der Waals surface area contributed by atoms with Gasteiger partial charge in [0.1, 0.15) is 0 Å². The van der Waals surface area contributed by atoms with Gasteiger partial charge in [-0.1, -0.05) is 19.8 Å². The maximum atomic E-state index is 12.5. The van der Waals surface area contributed by atoms with Gasteiger partial charge in [-0.25, -0.2) is 0 Å². The van der Waals surface area contributed by atoms with E-state index in [2.05, 4.69) is 20.6 Å². The minimum atomic E-state index is 0.0903. The maximum Gasteiger partial charge on any atom is 0.275 e. The number of rotatable bonds is 1. The highest BCUT2D eigenvalue weighted by atomic mass is 32.1. The minimum Gasteiger partial charge on any atom is -0.334 e. The SMILES string of the molecule is C[C@@H]1CCN(C(=O)c2cnsn2)[C@H]2CCCC[C@H]12. The van der Waals surface area contributed by atoms with Crippen molar-refractivity contribution in [3.8, 4) is 0 Å². The Balaban J connectivity index is 1.81. The smallest absolute Gasteiger partial charge is 0.275 e. The molecule has 1 aliphatic heterocycles. The molecule has 0 radical (unpaired) electrons. The molecular weight excluding hydrogens is 246 g/mol. The first-order valence-electron chi connectivity index (χ1n) is 6.86. The van der Waals surface area contributed by atoms with Gasteiger partial charge in [-0.15, -0.1) is 0 Å². The van der Waals surface area contributed by atoms with E-state index in [1.807, 2.05) is 0 Å². The Labute approximate surface area is 112 Å². The molecule has 0 unspecified atom stereocenters. The van der Waals surface area contributed by atoms with Gasteiger partial charge in [0.25, 0.3) is 5.91 Å². The van der Waals surface area contributed by atoms with Crippen molar-refractivity contribution < 1.29 is 4.79 Å². The van der Waals surface area contributed by atoms with Gasteiger partial charge >= 0.3 is 0 Å². The maximum absolute atomic E-state index is 12.5. The molecule has 1 saturated carbocycles. The number of amides is 1. The standard InChI is InChI=1S/C13H19N3OS/c1-9-6-7-16(12-5-3-2-4-10(9)12)13(17)11-8-14-18-15-11/h8-10,12H,2-7H2,1H3/t9-,10-,12+/m1/s1. The third-order valence-corrected chi connectivity index (χ3v) is 5.06. The number of fused-ring (bicyclic) bond motifs is 1. The van der Waals surface area contributed by atoms with Gasteiger partial charge in [0, 0.05) is 12.6 Å². The summed E-state index contributed by atoms with van der Waals surface area (Å²) in [5.74, 6) is 1.54. The van der Waals surface area contributed by atoms with E-state index in [0.29, 0.717) is 17.7 Å². The van der Waals surface area contributed by atoms with Crippen LogP contribution in [0, 0.1) is 11.8 Å². The zero-order chi connectivity index (χ0) is 12.5.